The van der Waals surface area contributed by atoms with Crippen LogP contribution < -0.4 is 4.74 Å². The molecule has 1 unspecified atom stereocenters. The van der Waals surface area contributed by atoms with E-state index in [0.717, 1.165) is 10.9 Å². The van der Waals surface area contributed by atoms with Gasteiger partial charge in [0.15, 0.2) is 0 Å². The molecule has 2 aromatic carbocycles. The first-order chi connectivity index (χ1) is 14.0. The number of carboxylic acids is 1. The van der Waals surface area contributed by atoms with Gasteiger partial charge in [0.05, 0.1) is 19.1 Å². The molecule has 0 radical (unpaired) electrons. The molecule has 0 bridgehead atoms. The molecule has 0 aliphatic rings. The van der Waals surface area contributed by atoms with Crippen molar-refractivity contribution in [3.8, 4) is 5.75 Å². The number of benzene rings is 2. The summed E-state index contributed by atoms with van der Waals surface area (Å²) in [6, 6.07) is 14.8. The van der Waals surface area contributed by atoms with Gasteiger partial charge in [-0.25, -0.2) is 4.79 Å². The summed E-state index contributed by atoms with van der Waals surface area (Å²) in [7, 11) is 0. The van der Waals surface area contributed by atoms with Gasteiger partial charge in [0.2, 0.25) is 0 Å². The Morgan fingerprint density at radius 2 is 2.00 bits per heavy atom. The van der Waals surface area contributed by atoms with Gasteiger partial charge in [-0.1, -0.05) is 30.3 Å². The van der Waals surface area contributed by atoms with Gasteiger partial charge in [-0.05, 0) is 42.1 Å². The van der Waals surface area contributed by atoms with Gasteiger partial charge in [-0.3, -0.25) is 4.79 Å². The van der Waals surface area contributed by atoms with Gasteiger partial charge in [-0.15, -0.1) is 6.58 Å². The van der Waals surface area contributed by atoms with Crippen molar-refractivity contribution in [2.75, 3.05) is 13.2 Å². The molecule has 0 saturated carbocycles. The van der Waals surface area contributed by atoms with Gasteiger partial charge < -0.3 is 19.1 Å². The summed E-state index contributed by atoms with van der Waals surface area (Å²) in [6.45, 7) is 6.43. The number of carbonyl (C=O) groups is 2. The third-order valence-electron chi connectivity index (χ3n) is 4.63. The number of nitrogens with zero attached hydrogens (tertiary/aromatic N) is 1. The van der Waals surface area contributed by atoms with Crippen LogP contribution in [-0.4, -0.2) is 34.8 Å². The molecule has 0 fully saturated rings. The number of hydrogen-bond acceptors (Lipinski definition) is 4. The van der Waals surface area contributed by atoms with Crippen LogP contribution in [0.2, 0.25) is 0 Å². The summed E-state index contributed by atoms with van der Waals surface area (Å²) in [6.07, 6.45) is 3.31. The van der Waals surface area contributed by atoms with Crippen LogP contribution in [-0.2, 0) is 16.1 Å². The van der Waals surface area contributed by atoms with Crippen molar-refractivity contribution in [1.82, 2.24) is 4.57 Å². The number of hydrogen-bond donors (Lipinski definition) is 1. The summed E-state index contributed by atoms with van der Waals surface area (Å²) in [5.41, 5.74) is 1.75. The zero-order chi connectivity index (χ0) is 20.8. The van der Waals surface area contributed by atoms with Crippen LogP contribution in [0.15, 0.2) is 67.4 Å². The van der Waals surface area contributed by atoms with E-state index >= 15 is 0 Å². The van der Waals surface area contributed by atoms with E-state index in [2.05, 4.69) is 11.1 Å². The maximum Gasteiger partial charge on any atom is 0.341 e. The van der Waals surface area contributed by atoms with Gasteiger partial charge in [0, 0.05) is 11.7 Å². The Kier molecular flexibility index (Phi) is 6.34. The molecule has 0 amide bonds. The number of para-hydroxylation sites is 1. The Labute approximate surface area is 169 Å². The van der Waals surface area contributed by atoms with Crippen LogP contribution >= 0.6 is 0 Å². The lowest BCUT2D eigenvalue weighted by atomic mass is 9.97. The second-order valence-electron chi connectivity index (χ2n) is 6.44. The fourth-order valence-electron chi connectivity index (χ4n) is 3.20. The number of carboxylic acid groups (broad SMARTS) is 1. The van der Waals surface area contributed by atoms with E-state index < -0.39 is 17.9 Å². The predicted octanol–water partition coefficient (Wildman–Crippen LogP) is 4.25. The fourth-order valence-corrected chi connectivity index (χ4v) is 3.20. The summed E-state index contributed by atoms with van der Waals surface area (Å²) in [5.74, 6) is -2.15. The molecule has 1 heterocycles. The minimum atomic E-state index is -1.04. The maximum atomic E-state index is 12.4. The zero-order valence-corrected chi connectivity index (χ0v) is 16.2. The SMILES string of the molecule is C=CC(C(=O)O)c1ccc(OCCn2ccc3ccccc32)c(C(=O)OCC)c1. The van der Waals surface area contributed by atoms with Crippen molar-refractivity contribution in [3.63, 3.8) is 0 Å². The van der Waals surface area contributed by atoms with E-state index in [1.165, 1.54) is 12.1 Å². The summed E-state index contributed by atoms with van der Waals surface area (Å²) < 4.78 is 13.0. The fraction of sp³-hybridized carbons (Fsp3) is 0.217. The largest absolute Gasteiger partial charge is 0.491 e. The highest BCUT2D eigenvalue weighted by atomic mass is 16.5. The monoisotopic (exact) mass is 393 g/mol. The number of aromatic nitrogens is 1. The first-order valence-electron chi connectivity index (χ1n) is 9.38. The van der Waals surface area contributed by atoms with Crippen molar-refractivity contribution in [3.05, 3.63) is 78.5 Å². The van der Waals surface area contributed by atoms with Crippen LogP contribution in [0.3, 0.4) is 0 Å². The first-order valence-corrected chi connectivity index (χ1v) is 9.38. The smallest absolute Gasteiger partial charge is 0.341 e. The van der Waals surface area contributed by atoms with Gasteiger partial charge in [0.1, 0.15) is 17.9 Å². The van der Waals surface area contributed by atoms with Crippen molar-refractivity contribution < 1.29 is 24.2 Å². The maximum absolute atomic E-state index is 12.4. The first kappa shape index (κ1) is 20.2. The van der Waals surface area contributed by atoms with E-state index in [4.69, 9.17) is 9.47 Å². The van der Waals surface area contributed by atoms with E-state index in [-0.39, 0.29) is 12.2 Å². The lowest BCUT2D eigenvalue weighted by molar-refractivity contribution is -0.137. The van der Waals surface area contributed by atoms with Crippen molar-refractivity contribution in [2.45, 2.75) is 19.4 Å². The standard InChI is InChI=1S/C23H23NO5/c1-3-18(22(25)26)17-9-10-21(19(15-17)23(27)28-4-2)29-14-13-24-12-11-16-7-5-6-8-20(16)24/h3,5-12,15,18H,1,4,13-14H2,2H3,(H,25,26). The zero-order valence-electron chi connectivity index (χ0n) is 16.2. The van der Waals surface area contributed by atoms with Crippen LogP contribution in [0.1, 0.15) is 28.8 Å². The minimum Gasteiger partial charge on any atom is -0.491 e. The van der Waals surface area contributed by atoms with Gasteiger partial charge >= 0.3 is 11.9 Å². The highest BCUT2D eigenvalue weighted by molar-refractivity contribution is 5.93. The highest BCUT2D eigenvalue weighted by Crippen LogP contribution is 2.27. The van der Waals surface area contributed by atoms with Crippen LogP contribution in [0.5, 0.6) is 5.75 Å². The molecule has 1 aromatic heterocycles. The lowest BCUT2D eigenvalue weighted by Crippen LogP contribution is -2.14. The van der Waals surface area contributed by atoms with E-state index in [1.807, 2.05) is 36.5 Å². The normalized spacial score (nSPS) is 11.8. The van der Waals surface area contributed by atoms with E-state index in [1.54, 1.807) is 19.1 Å². The molecular formula is C23H23NO5. The summed E-state index contributed by atoms with van der Waals surface area (Å²) in [5, 5.41) is 10.5. The molecule has 0 aliphatic carbocycles. The Morgan fingerprint density at radius 3 is 2.72 bits per heavy atom. The molecule has 3 rings (SSSR count). The van der Waals surface area contributed by atoms with Crippen LogP contribution in [0.25, 0.3) is 10.9 Å². The molecule has 150 valence electrons. The van der Waals surface area contributed by atoms with Crippen molar-refractivity contribution in [1.29, 1.82) is 0 Å². The molecule has 1 atom stereocenters. The molecule has 0 saturated heterocycles. The average molecular weight is 393 g/mol. The van der Waals surface area contributed by atoms with Crippen LogP contribution in [0.4, 0.5) is 0 Å². The lowest BCUT2D eigenvalue weighted by Gasteiger charge is -2.15. The molecule has 0 spiro atoms. The quantitative estimate of drug-likeness (QED) is 0.434. The highest BCUT2D eigenvalue weighted by Gasteiger charge is 2.21. The second kappa shape index (κ2) is 9.10. The molecule has 6 nitrogen and oxygen atoms in total. The van der Waals surface area contributed by atoms with Gasteiger partial charge in [-0.2, -0.15) is 0 Å². The van der Waals surface area contributed by atoms with Crippen molar-refractivity contribution in [2.24, 2.45) is 0 Å². The second-order valence-corrected chi connectivity index (χ2v) is 6.44. The Balaban J connectivity index is 1.80. The average Bonchev–Trinajstić information content (AvgIpc) is 3.12. The van der Waals surface area contributed by atoms with E-state index in [0.29, 0.717) is 24.5 Å². The van der Waals surface area contributed by atoms with Gasteiger partial charge in [0.25, 0.3) is 0 Å². The minimum absolute atomic E-state index is 0.204. The van der Waals surface area contributed by atoms with Crippen molar-refractivity contribution >= 4 is 22.8 Å². The summed E-state index contributed by atoms with van der Waals surface area (Å²) >= 11 is 0. The number of esters is 1. The molecule has 3 aromatic rings. The van der Waals surface area contributed by atoms with Crippen LogP contribution in [0, 0.1) is 0 Å². The number of aliphatic carboxylic acids is 1. The third-order valence-corrected chi connectivity index (χ3v) is 4.63. The number of carbonyl (C=O) groups excluding carboxylic acids is 1. The third kappa shape index (κ3) is 4.48. The molecular weight excluding hydrogens is 370 g/mol. The number of fused-ring (bicyclic) bond motifs is 1. The Hall–Kier alpha value is -3.54. The Morgan fingerprint density at radius 1 is 1.21 bits per heavy atom. The number of rotatable bonds is 9. The topological polar surface area (TPSA) is 77.8 Å². The number of ether oxygens (including phenoxy) is 2. The molecule has 29 heavy (non-hydrogen) atoms. The molecule has 1 N–H and O–H groups in total. The Bertz CT molecular complexity index is 1040. The predicted molar refractivity (Wildman–Crippen MR) is 110 cm³/mol. The summed E-state index contributed by atoms with van der Waals surface area (Å²) in [4.78, 5) is 23.8. The van der Waals surface area contributed by atoms with E-state index in [9.17, 15) is 14.7 Å². The molecule has 6 heteroatoms. The molecule has 0 aliphatic heterocycles.